The third kappa shape index (κ3) is 6.80. The molecule has 1 aliphatic rings. The van der Waals surface area contributed by atoms with E-state index in [2.05, 4.69) is 49.4 Å². The normalized spacial score (nSPS) is 15.1. The number of hydrogen-bond acceptors (Lipinski definition) is 0. The smallest absolute Gasteiger partial charge is 0.131 e. The van der Waals surface area contributed by atoms with E-state index in [0.717, 1.165) is 23.4 Å². The number of unbranched alkanes of at least 4 members (excludes halogenated alkanes) is 2. The van der Waals surface area contributed by atoms with Gasteiger partial charge < -0.3 is 0 Å². The molecular formula is C30H35ClFSi. The summed E-state index contributed by atoms with van der Waals surface area (Å²) in [4.78, 5) is 0. The molecule has 0 amide bonds. The molecule has 173 valence electrons. The van der Waals surface area contributed by atoms with E-state index in [0.29, 0.717) is 11.5 Å². The lowest BCUT2D eigenvalue weighted by Gasteiger charge is -2.28. The van der Waals surface area contributed by atoms with Crippen LogP contribution in [0.3, 0.4) is 0 Å². The van der Waals surface area contributed by atoms with Gasteiger partial charge >= 0.3 is 0 Å². The van der Waals surface area contributed by atoms with Crippen LogP contribution in [-0.4, -0.2) is 8.80 Å². The molecule has 0 unspecified atom stereocenters. The fourth-order valence-corrected chi connectivity index (χ4v) is 8.18. The average molecular weight is 478 g/mol. The van der Waals surface area contributed by atoms with E-state index >= 15 is 4.39 Å². The third-order valence-corrected chi connectivity index (χ3v) is 10.5. The molecule has 0 aliphatic carbocycles. The van der Waals surface area contributed by atoms with Crippen molar-refractivity contribution in [2.75, 3.05) is 0 Å². The van der Waals surface area contributed by atoms with Gasteiger partial charge in [0, 0.05) is 19.4 Å². The molecule has 0 spiro atoms. The Hall–Kier alpha value is -1.90. The maximum Gasteiger partial charge on any atom is 0.131 e. The van der Waals surface area contributed by atoms with E-state index in [1.54, 1.807) is 0 Å². The lowest BCUT2D eigenvalue weighted by molar-refractivity contribution is 0.588. The number of aryl methyl sites for hydroxylation is 2. The van der Waals surface area contributed by atoms with Crippen LogP contribution in [0, 0.1) is 5.82 Å². The summed E-state index contributed by atoms with van der Waals surface area (Å²) in [6, 6.07) is 26.7. The number of rotatable bonds is 9. The highest BCUT2D eigenvalue weighted by Gasteiger charge is 2.24. The lowest BCUT2D eigenvalue weighted by atomic mass is 9.91. The topological polar surface area (TPSA) is 0 Å². The Morgan fingerprint density at radius 3 is 2.09 bits per heavy atom. The van der Waals surface area contributed by atoms with Gasteiger partial charge in [0.2, 0.25) is 0 Å². The van der Waals surface area contributed by atoms with Crippen LogP contribution >= 0.6 is 11.6 Å². The van der Waals surface area contributed by atoms with Gasteiger partial charge in [-0.3, -0.25) is 0 Å². The van der Waals surface area contributed by atoms with Crippen LogP contribution in [0.5, 0.6) is 0 Å². The van der Waals surface area contributed by atoms with Crippen LogP contribution in [0.4, 0.5) is 4.39 Å². The van der Waals surface area contributed by atoms with Gasteiger partial charge in [0.05, 0.1) is 0 Å². The summed E-state index contributed by atoms with van der Waals surface area (Å²) in [6.45, 7) is 2.28. The SMILES string of the molecule is CCCCC[Si]1CCC(c2ccc(-c3ccc(CCc4ccc(Cl)cc4)cc3)c(F)c2)CC1. The number of benzene rings is 3. The molecule has 3 aromatic carbocycles. The van der Waals surface area contributed by atoms with E-state index in [4.69, 9.17) is 11.6 Å². The van der Waals surface area contributed by atoms with Crippen molar-refractivity contribution in [3.8, 4) is 11.1 Å². The van der Waals surface area contributed by atoms with E-state index in [9.17, 15) is 0 Å². The second-order valence-corrected chi connectivity index (χ2v) is 13.0. The minimum atomic E-state index is -0.149. The highest BCUT2D eigenvalue weighted by molar-refractivity contribution is 6.59. The summed E-state index contributed by atoms with van der Waals surface area (Å²) in [5.74, 6) is 0.462. The zero-order valence-electron chi connectivity index (χ0n) is 19.8. The number of hydrogen-bond donors (Lipinski definition) is 0. The molecule has 0 nitrogen and oxygen atoms in total. The molecule has 4 rings (SSSR count). The van der Waals surface area contributed by atoms with Gasteiger partial charge in [0.1, 0.15) is 5.82 Å². The van der Waals surface area contributed by atoms with Crippen molar-refractivity contribution in [3.63, 3.8) is 0 Å². The molecular weight excluding hydrogens is 443 g/mol. The van der Waals surface area contributed by atoms with Crippen LogP contribution < -0.4 is 0 Å². The zero-order valence-corrected chi connectivity index (χ0v) is 21.5. The first-order valence-electron chi connectivity index (χ1n) is 12.6. The first-order valence-corrected chi connectivity index (χ1v) is 15.1. The molecule has 1 fully saturated rings. The Balaban J connectivity index is 1.33. The summed E-state index contributed by atoms with van der Waals surface area (Å²) in [5.41, 5.74) is 5.42. The van der Waals surface area contributed by atoms with E-state index in [1.807, 2.05) is 24.3 Å². The molecule has 0 bridgehead atoms. The Bertz CT molecular complexity index is 1000. The molecule has 0 N–H and O–H groups in total. The Labute approximate surface area is 205 Å². The quantitative estimate of drug-likeness (QED) is 0.212. The van der Waals surface area contributed by atoms with Crippen molar-refractivity contribution in [3.05, 3.63) is 94.3 Å². The largest absolute Gasteiger partial charge is 0.206 e. The fourth-order valence-electron chi connectivity index (χ4n) is 5.04. The minimum absolute atomic E-state index is 0.0829. The summed E-state index contributed by atoms with van der Waals surface area (Å²) < 4.78 is 15.1. The van der Waals surface area contributed by atoms with Crippen molar-refractivity contribution in [2.24, 2.45) is 0 Å². The molecule has 1 saturated heterocycles. The fraction of sp³-hybridized carbons (Fsp3) is 0.400. The van der Waals surface area contributed by atoms with Crippen molar-refractivity contribution >= 4 is 20.4 Å². The van der Waals surface area contributed by atoms with Gasteiger partial charge in [-0.05, 0) is 72.1 Å². The van der Waals surface area contributed by atoms with Crippen LogP contribution in [0.15, 0.2) is 66.7 Å². The van der Waals surface area contributed by atoms with Crippen LogP contribution in [0.25, 0.3) is 11.1 Å². The maximum absolute atomic E-state index is 15.1. The van der Waals surface area contributed by atoms with Crippen LogP contribution in [-0.2, 0) is 12.8 Å². The second kappa shape index (κ2) is 12.0. The number of halogens is 2. The molecule has 33 heavy (non-hydrogen) atoms. The maximum atomic E-state index is 15.1. The molecule has 3 aromatic rings. The monoisotopic (exact) mass is 477 g/mol. The van der Waals surface area contributed by atoms with Gasteiger partial charge in [-0.2, -0.15) is 0 Å². The van der Waals surface area contributed by atoms with E-state index < -0.39 is 0 Å². The van der Waals surface area contributed by atoms with E-state index in [1.165, 1.54) is 66.9 Å². The first-order chi connectivity index (χ1) is 16.1. The lowest BCUT2D eigenvalue weighted by Crippen LogP contribution is -2.20. The van der Waals surface area contributed by atoms with Gasteiger partial charge in [-0.25, -0.2) is 4.39 Å². The standard InChI is InChI=1S/C30H35ClFSi/c1-2-3-4-19-33-20-17-25(18-21-33)27-13-16-29(30(32)22-27)26-11-7-23(8-12-26)5-6-24-9-14-28(31)15-10-24/h7-16,22,25H,2-6,17-21H2,1H3. The molecule has 1 aliphatic heterocycles. The predicted octanol–water partition coefficient (Wildman–Crippen LogP) is 9.49. The minimum Gasteiger partial charge on any atom is -0.206 e. The van der Waals surface area contributed by atoms with Crippen LogP contribution in [0.1, 0.15) is 61.6 Å². The van der Waals surface area contributed by atoms with Crippen molar-refractivity contribution in [1.82, 2.24) is 0 Å². The van der Waals surface area contributed by atoms with Gasteiger partial charge in [-0.15, -0.1) is 0 Å². The highest BCUT2D eigenvalue weighted by atomic mass is 35.5. The summed E-state index contributed by atoms with van der Waals surface area (Å²) in [7, 11) is -0.149. The predicted molar refractivity (Wildman–Crippen MR) is 142 cm³/mol. The van der Waals surface area contributed by atoms with Crippen LogP contribution in [0.2, 0.25) is 23.2 Å². The average Bonchev–Trinajstić information content (AvgIpc) is 2.85. The van der Waals surface area contributed by atoms with Gasteiger partial charge in [0.25, 0.3) is 0 Å². The molecule has 0 aromatic heterocycles. The zero-order chi connectivity index (χ0) is 23.0. The summed E-state index contributed by atoms with van der Waals surface area (Å²) in [5, 5.41) is 0.771. The third-order valence-electron chi connectivity index (χ3n) is 7.17. The van der Waals surface area contributed by atoms with E-state index in [-0.39, 0.29) is 14.6 Å². The van der Waals surface area contributed by atoms with Gasteiger partial charge in [-0.1, -0.05) is 104 Å². The van der Waals surface area contributed by atoms with Crippen molar-refractivity contribution < 1.29 is 4.39 Å². The molecule has 0 saturated carbocycles. The Morgan fingerprint density at radius 1 is 0.848 bits per heavy atom. The first kappa shape index (κ1) is 24.2. The highest BCUT2D eigenvalue weighted by Crippen LogP contribution is 2.37. The molecule has 1 radical (unpaired) electrons. The molecule has 0 atom stereocenters. The molecule has 1 heterocycles. The van der Waals surface area contributed by atoms with Gasteiger partial charge in [0.15, 0.2) is 0 Å². The Morgan fingerprint density at radius 2 is 1.48 bits per heavy atom. The second-order valence-electron chi connectivity index (χ2n) is 9.54. The molecule has 3 heteroatoms. The van der Waals surface area contributed by atoms with Crippen molar-refractivity contribution in [1.29, 1.82) is 0 Å². The summed E-state index contributed by atoms with van der Waals surface area (Å²) in [6.07, 6.45) is 8.56. The summed E-state index contributed by atoms with van der Waals surface area (Å²) >= 11 is 5.97. The van der Waals surface area contributed by atoms with Crippen molar-refractivity contribution in [2.45, 2.75) is 75.9 Å². The Kier molecular flexibility index (Phi) is 8.80.